The Hall–Kier alpha value is -1.84. The Morgan fingerprint density at radius 3 is 2.94 bits per heavy atom. The van der Waals surface area contributed by atoms with Crippen molar-refractivity contribution in [3.63, 3.8) is 0 Å². The molecule has 0 bridgehead atoms. The average molecular weight is 217 g/mol. The number of rotatable bonds is 0. The number of anilines is 1. The van der Waals surface area contributed by atoms with Crippen molar-refractivity contribution in [1.82, 2.24) is 0 Å². The van der Waals surface area contributed by atoms with Crippen molar-refractivity contribution in [2.45, 2.75) is 26.4 Å². The normalized spacial score (nSPS) is 21.5. The number of ketones is 1. The van der Waals surface area contributed by atoms with Gasteiger partial charge in [0.15, 0.2) is 0 Å². The SMILES string of the molecule is Cc1cc2c(c3c1NC(=O)C3=O)OC(C)C2. The fraction of sp³-hybridized carbons (Fsp3) is 0.333. The third-order valence-electron chi connectivity index (χ3n) is 3.05. The third-order valence-corrected chi connectivity index (χ3v) is 3.05. The summed E-state index contributed by atoms with van der Waals surface area (Å²) in [4.78, 5) is 23.1. The zero-order valence-corrected chi connectivity index (χ0v) is 9.09. The molecule has 2 aliphatic heterocycles. The summed E-state index contributed by atoms with van der Waals surface area (Å²) in [6.07, 6.45) is 0.870. The first kappa shape index (κ1) is 9.39. The molecule has 0 saturated heterocycles. The Morgan fingerprint density at radius 1 is 1.44 bits per heavy atom. The molecule has 0 fully saturated rings. The largest absolute Gasteiger partial charge is 0.489 e. The minimum absolute atomic E-state index is 0.0735. The van der Waals surface area contributed by atoms with E-state index < -0.39 is 11.7 Å². The van der Waals surface area contributed by atoms with Crippen LogP contribution in [0.25, 0.3) is 0 Å². The van der Waals surface area contributed by atoms with Gasteiger partial charge in [-0.05, 0) is 25.0 Å². The topological polar surface area (TPSA) is 55.4 Å². The van der Waals surface area contributed by atoms with Crippen LogP contribution in [0.3, 0.4) is 0 Å². The first-order chi connectivity index (χ1) is 7.58. The van der Waals surface area contributed by atoms with Gasteiger partial charge in [0.1, 0.15) is 11.9 Å². The molecule has 0 saturated carbocycles. The van der Waals surface area contributed by atoms with Gasteiger partial charge in [-0.3, -0.25) is 9.59 Å². The lowest BCUT2D eigenvalue weighted by Crippen LogP contribution is -2.13. The molecule has 0 radical (unpaired) electrons. The van der Waals surface area contributed by atoms with Crippen molar-refractivity contribution in [3.8, 4) is 5.75 Å². The number of carbonyl (C=O) groups is 2. The highest BCUT2D eigenvalue weighted by Gasteiger charge is 2.37. The van der Waals surface area contributed by atoms with Crippen molar-refractivity contribution < 1.29 is 14.3 Å². The molecule has 1 atom stereocenters. The molecule has 2 aliphatic rings. The summed E-state index contributed by atoms with van der Waals surface area (Å²) in [6, 6.07) is 1.98. The molecule has 16 heavy (non-hydrogen) atoms. The molecule has 1 aromatic carbocycles. The maximum atomic E-state index is 11.7. The maximum absolute atomic E-state index is 11.7. The predicted octanol–water partition coefficient (Wildman–Crippen LogP) is 1.45. The first-order valence-corrected chi connectivity index (χ1v) is 5.26. The van der Waals surface area contributed by atoms with Gasteiger partial charge in [-0.25, -0.2) is 0 Å². The summed E-state index contributed by atoms with van der Waals surface area (Å²) < 4.78 is 5.61. The zero-order valence-electron chi connectivity index (χ0n) is 9.09. The summed E-state index contributed by atoms with van der Waals surface area (Å²) in [6.45, 7) is 3.84. The molecule has 1 aromatic rings. The lowest BCUT2D eigenvalue weighted by Gasteiger charge is -2.08. The van der Waals surface area contributed by atoms with E-state index in [1.807, 2.05) is 19.9 Å². The number of hydrogen-bond donors (Lipinski definition) is 1. The van der Waals surface area contributed by atoms with Crippen LogP contribution >= 0.6 is 0 Å². The standard InChI is InChI=1S/C12H11NO3/c1-5-3-7-4-6(2)16-11(7)8-9(5)13-12(15)10(8)14/h3,6H,4H2,1-2H3,(H,13,14,15). The lowest BCUT2D eigenvalue weighted by atomic mass is 10.0. The van der Waals surface area contributed by atoms with Gasteiger partial charge >= 0.3 is 0 Å². The summed E-state index contributed by atoms with van der Waals surface area (Å²) >= 11 is 0. The van der Waals surface area contributed by atoms with Gasteiger partial charge in [0, 0.05) is 6.42 Å². The second kappa shape index (κ2) is 2.84. The lowest BCUT2D eigenvalue weighted by molar-refractivity contribution is -0.112. The summed E-state index contributed by atoms with van der Waals surface area (Å²) in [5, 5.41) is 2.59. The quantitative estimate of drug-likeness (QED) is 0.669. The molecule has 3 rings (SSSR count). The Balaban J connectivity index is 2.29. The van der Waals surface area contributed by atoms with Crippen LogP contribution < -0.4 is 10.1 Å². The zero-order chi connectivity index (χ0) is 11.4. The number of amides is 1. The number of hydrogen-bond acceptors (Lipinski definition) is 3. The summed E-state index contributed by atoms with van der Waals surface area (Å²) in [5.74, 6) is -0.449. The third kappa shape index (κ3) is 1.04. The molecule has 0 aromatic heterocycles. The van der Waals surface area contributed by atoms with E-state index in [9.17, 15) is 9.59 Å². The van der Waals surface area contributed by atoms with Crippen LogP contribution in [0, 0.1) is 6.92 Å². The predicted molar refractivity (Wildman–Crippen MR) is 57.9 cm³/mol. The van der Waals surface area contributed by atoms with Crippen molar-refractivity contribution in [1.29, 1.82) is 0 Å². The van der Waals surface area contributed by atoms with Crippen LogP contribution in [0.15, 0.2) is 6.07 Å². The molecule has 82 valence electrons. The molecule has 1 N–H and O–H groups in total. The molecule has 1 amide bonds. The van der Waals surface area contributed by atoms with E-state index in [0.29, 0.717) is 17.0 Å². The van der Waals surface area contributed by atoms with Crippen molar-refractivity contribution in [2.24, 2.45) is 0 Å². The van der Waals surface area contributed by atoms with Crippen molar-refractivity contribution >= 4 is 17.4 Å². The average Bonchev–Trinajstić information content (AvgIpc) is 2.70. The van der Waals surface area contributed by atoms with Gasteiger partial charge in [0.2, 0.25) is 0 Å². The fourth-order valence-electron chi connectivity index (χ4n) is 2.37. The number of benzene rings is 1. The Bertz CT molecular complexity index is 534. The van der Waals surface area contributed by atoms with E-state index in [4.69, 9.17) is 4.74 Å². The van der Waals surface area contributed by atoms with Crippen LogP contribution in [0.4, 0.5) is 5.69 Å². The number of carbonyl (C=O) groups excluding carboxylic acids is 2. The van der Waals surface area contributed by atoms with Gasteiger partial charge in [0.05, 0.1) is 11.3 Å². The molecule has 0 aliphatic carbocycles. The van der Waals surface area contributed by atoms with Crippen molar-refractivity contribution in [3.05, 3.63) is 22.8 Å². The van der Waals surface area contributed by atoms with Crippen LogP contribution in [0.1, 0.15) is 28.4 Å². The fourth-order valence-corrected chi connectivity index (χ4v) is 2.37. The van der Waals surface area contributed by atoms with E-state index in [1.54, 1.807) is 0 Å². The van der Waals surface area contributed by atoms with Crippen LogP contribution in [-0.4, -0.2) is 17.8 Å². The minimum atomic E-state index is -0.561. The van der Waals surface area contributed by atoms with Gasteiger partial charge in [-0.15, -0.1) is 0 Å². The molecule has 1 unspecified atom stereocenters. The molecule has 0 spiro atoms. The second-order valence-corrected chi connectivity index (χ2v) is 4.35. The van der Waals surface area contributed by atoms with Gasteiger partial charge in [-0.2, -0.15) is 0 Å². The van der Waals surface area contributed by atoms with Crippen LogP contribution in [0.2, 0.25) is 0 Å². The Kier molecular flexibility index (Phi) is 1.67. The second-order valence-electron chi connectivity index (χ2n) is 4.35. The van der Waals surface area contributed by atoms with Gasteiger partial charge in [-0.1, -0.05) is 6.07 Å². The number of ether oxygens (including phenoxy) is 1. The highest BCUT2D eigenvalue weighted by atomic mass is 16.5. The molecular weight excluding hydrogens is 206 g/mol. The van der Waals surface area contributed by atoms with E-state index in [-0.39, 0.29) is 6.10 Å². The highest BCUT2D eigenvalue weighted by molar-refractivity contribution is 6.52. The number of fused-ring (bicyclic) bond motifs is 3. The minimum Gasteiger partial charge on any atom is -0.489 e. The number of nitrogens with one attached hydrogen (secondary N) is 1. The van der Waals surface area contributed by atoms with Gasteiger partial charge < -0.3 is 10.1 Å². The number of aryl methyl sites for hydroxylation is 1. The molecule has 4 heteroatoms. The van der Waals surface area contributed by atoms with Gasteiger partial charge in [0.25, 0.3) is 11.7 Å². The van der Waals surface area contributed by atoms with Crippen LogP contribution in [0.5, 0.6) is 5.75 Å². The highest BCUT2D eigenvalue weighted by Crippen LogP contribution is 2.41. The van der Waals surface area contributed by atoms with E-state index in [1.165, 1.54) is 0 Å². The molecule has 2 heterocycles. The van der Waals surface area contributed by atoms with Crippen molar-refractivity contribution in [2.75, 3.05) is 5.32 Å². The van der Waals surface area contributed by atoms with E-state index >= 15 is 0 Å². The molecular formula is C12H11NO3. The Morgan fingerprint density at radius 2 is 2.19 bits per heavy atom. The van der Waals surface area contributed by atoms with E-state index in [2.05, 4.69) is 5.32 Å². The first-order valence-electron chi connectivity index (χ1n) is 5.26. The number of Topliss-reactive ketones (excluding diaryl/α,β-unsaturated/α-hetero) is 1. The van der Waals surface area contributed by atoms with E-state index in [0.717, 1.165) is 17.5 Å². The molecule has 4 nitrogen and oxygen atoms in total. The maximum Gasteiger partial charge on any atom is 0.297 e. The smallest absolute Gasteiger partial charge is 0.297 e. The summed E-state index contributed by atoms with van der Waals surface area (Å²) in [7, 11) is 0. The Labute approximate surface area is 92.6 Å². The monoisotopic (exact) mass is 217 g/mol. The van der Waals surface area contributed by atoms with Crippen LogP contribution in [-0.2, 0) is 11.2 Å². The summed E-state index contributed by atoms with van der Waals surface area (Å²) in [5.41, 5.74) is 2.98.